The van der Waals surface area contributed by atoms with Crippen LogP contribution in [0.4, 0.5) is 5.69 Å². The molecule has 0 radical (unpaired) electrons. The molecule has 1 heterocycles. The first kappa shape index (κ1) is 21.5. The lowest BCUT2D eigenvalue weighted by Crippen LogP contribution is -2.45. The summed E-state index contributed by atoms with van der Waals surface area (Å²) in [6.07, 6.45) is 1.65. The van der Waals surface area contributed by atoms with Crippen LogP contribution in [-0.4, -0.2) is 32.7 Å². The van der Waals surface area contributed by atoms with Crippen LogP contribution in [0.5, 0.6) is 5.75 Å². The number of nitrogens with zero attached hydrogens (tertiary/aromatic N) is 1. The third kappa shape index (κ3) is 4.85. The van der Waals surface area contributed by atoms with Crippen molar-refractivity contribution >= 4 is 33.2 Å². The second kappa shape index (κ2) is 7.88. The zero-order chi connectivity index (χ0) is 21.4. The summed E-state index contributed by atoms with van der Waals surface area (Å²) in [5, 5.41) is 3.42. The molecule has 0 bridgehead atoms. The Balaban J connectivity index is 1.86. The van der Waals surface area contributed by atoms with Gasteiger partial charge in [-0.25, -0.2) is 8.42 Å². The summed E-state index contributed by atoms with van der Waals surface area (Å²) in [6.45, 7) is 5.31. The standard InChI is InChI=1S/C21H25ClN2O4S/c1-14-16(22)9-7-10-18(14)24(29(4,26)27)13-20(25)23-17-12-21(2,3)28-19-11-6-5-8-15(17)19/h5-11,17H,12-13H2,1-4H3,(H,23,25)/t17-/m1/s1. The number of hydrogen-bond acceptors (Lipinski definition) is 4. The minimum Gasteiger partial charge on any atom is -0.487 e. The number of hydrogen-bond donors (Lipinski definition) is 1. The molecule has 6 nitrogen and oxygen atoms in total. The topological polar surface area (TPSA) is 75.7 Å². The Kier molecular flexibility index (Phi) is 5.83. The van der Waals surface area contributed by atoms with Crippen LogP contribution in [0.1, 0.15) is 37.4 Å². The van der Waals surface area contributed by atoms with E-state index in [9.17, 15) is 13.2 Å². The van der Waals surface area contributed by atoms with Crippen LogP contribution in [0.25, 0.3) is 0 Å². The van der Waals surface area contributed by atoms with E-state index in [2.05, 4.69) is 5.32 Å². The van der Waals surface area contributed by atoms with E-state index in [1.54, 1.807) is 25.1 Å². The molecule has 0 fully saturated rings. The predicted molar refractivity (Wildman–Crippen MR) is 115 cm³/mol. The van der Waals surface area contributed by atoms with Crippen LogP contribution in [0.3, 0.4) is 0 Å². The lowest BCUT2D eigenvalue weighted by molar-refractivity contribution is -0.120. The van der Waals surface area contributed by atoms with Crippen molar-refractivity contribution in [2.24, 2.45) is 0 Å². The van der Waals surface area contributed by atoms with Gasteiger partial charge < -0.3 is 10.1 Å². The average molecular weight is 437 g/mol. The first-order valence-corrected chi connectivity index (χ1v) is 11.5. The molecule has 0 unspecified atom stereocenters. The van der Waals surface area contributed by atoms with Crippen molar-refractivity contribution in [3.05, 3.63) is 58.6 Å². The van der Waals surface area contributed by atoms with Crippen LogP contribution >= 0.6 is 11.6 Å². The fraction of sp³-hybridized carbons (Fsp3) is 0.381. The summed E-state index contributed by atoms with van der Waals surface area (Å²) in [7, 11) is -3.69. The maximum absolute atomic E-state index is 12.9. The highest BCUT2D eigenvalue weighted by Crippen LogP contribution is 2.39. The Morgan fingerprint density at radius 1 is 1.24 bits per heavy atom. The monoisotopic (exact) mass is 436 g/mol. The smallest absolute Gasteiger partial charge is 0.241 e. The number of anilines is 1. The number of rotatable bonds is 5. The number of ether oxygens (including phenoxy) is 1. The van der Waals surface area contributed by atoms with E-state index in [0.717, 1.165) is 21.9 Å². The molecule has 156 valence electrons. The molecule has 0 saturated heterocycles. The Morgan fingerprint density at radius 2 is 1.93 bits per heavy atom. The summed E-state index contributed by atoms with van der Waals surface area (Å²) < 4.78 is 31.9. The summed E-state index contributed by atoms with van der Waals surface area (Å²) in [4.78, 5) is 12.9. The van der Waals surface area contributed by atoms with Crippen molar-refractivity contribution < 1.29 is 17.9 Å². The normalized spacial score (nSPS) is 17.8. The minimum atomic E-state index is -3.69. The van der Waals surface area contributed by atoms with Gasteiger partial charge in [0.05, 0.1) is 18.0 Å². The molecule has 0 spiro atoms. The van der Waals surface area contributed by atoms with Crippen molar-refractivity contribution in [3.63, 3.8) is 0 Å². The maximum Gasteiger partial charge on any atom is 0.241 e. The Bertz CT molecular complexity index is 1040. The Labute approximate surface area is 176 Å². The van der Waals surface area contributed by atoms with Gasteiger partial charge in [-0.2, -0.15) is 0 Å². The first-order valence-electron chi connectivity index (χ1n) is 9.28. The second-order valence-corrected chi connectivity index (χ2v) is 10.2. The number of fused-ring (bicyclic) bond motifs is 1. The summed E-state index contributed by atoms with van der Waals surface area (Å²) in [6, 6.07) is 12.3. The number of carbonyl (C=O) groups is 1. The number of benzene rings is 2. The van der Waals surface area contributed by atoms with Gasteiger partial charge in [-0.3, -0.25) is 9.10 Å². The largest absolute Gasteiger partial charge is 0.487 e. The molecule has 1 amide bonds. The molecule has 2 aromatic carbocycles. The Hall–Kier alpha value is -2.25. The molecule has 1 N–H and O–H groups in total. The van der Waals surface area contributed by atoms with Gasteiger partial charge >= 0.3 is 0 Å². The lowest BCUT2D eigenvalue weighted by atomic mass is 9.89. The highest BCUT2D eigenvalue weighted by atomic mass is 35.5. The van der Waals surface area contributed by atoms with Crippen molar-refractivity contribution in [2.45, 2.75) is 38.8 Å². The average Bonchev–Trinajstić information content (AvgIpc) is 2.60. The molecular weight excluding hydrogens is 412 g/mol. The van der Waals surface area contributed by atoms with E-state index < -0.39 is 21.5 Å². The number of amides is 1. The zero-order valence-corrected chi connectivity index (χ0v) is 18.5. The molecule has 1 atom stereocenters. The lowest BCUT2D eigenvalue weighted by Gasteiger charge is -2.38. The van der Waals surface area contributed by atoms with Crippen molar-refractivity contribution in [3.8, 4) is 5.75 Å². The van der Waals surface area contributed by atoms with E-state index in [1.165, 1.54) is 0 Å². The number of carbonyl (C=O) groups excluding carboxylic acids is 1. The molecule has 0 aromatic heterocycles. The van der Waals surface area contributed by atoms with Gasteiger partial charge in [0.2, 0.25) is 15.9 Å². The van der Waals surface area contributed by atoms with E-state index in [-0.39, 0.29) is 12.6 Å². The van der Waals surface area contributed by atoms with Crippen molar-refractivity contribution in [1.29, 1.82) is 0 Å². The molecule has 1 aliphatic rings. The highest BCUT2D eigenvalue weighted by molar-refractivity contribution is 7.92. The predicted octanol–water partition coefficient (Wildman–Crippen LogP) is 3.83. The summed E-state index contributed by atoms with van der Waals surface area (Å²) >= 11 is 6.15. The van der Waals surface area contributed by atoms with Gasteiger partial charge in [0, 0.05) is 17.0 Å². The third-order valence-electron chi connectivity index (χ3n) is 4.91. The first-order chi connectivity index (χ1) is 13.5. The van der Waals surface area contributed by atoms with Crippen molar-refractivity contribution in [2.75, 3.05) is 17.1 Å². The van der Waals surface area contributed by atoms with E-state index in [0.29, 0.717) is 22.7 Å². The van der Waals surface area contributed by atoms with Crippen molar-refractivity contribution in [1.82, 2.24) is 5.32 Å². The molecule has 3 rings (SSSR count). The molecule has 8 heteroatoms. The molecule has 1 aliphatic heterocycles. The van der Waals surface area contributed by atoms with Gasteiger partial charge in [0.1, 0.15) is 17.9 Å². The fourth-order valence-corrected chi connectivity index (χ4v) is 4.63. The maximum atomic E-state index is 12.9. The van der Waals surface area contributed by atoms with Gasteiger partial charge in [-0.1, -0.05) is 35.9 Å². The van der Waals surface area contributed by atoms with Crippen LogP contribution < -0.4 is 14.4 Å². The number of sulfonamides is 1. The minimum absolute atomic E-state index is 0.274. The van der Waals surface area contributed by atoms with Gasteiger partial charge in [0.15, 0.2) is 0 Å². The van der Waals surface area contributed by atoms with E-state index >= 15 is 0 Å². The summed E-state index contributed by atoms with van der Waals surface area (Å²) in [5.41, 5.74) is 1.42. The van der Waals surface area contributed by atoms with Gasteiger partial charge in [0.25, 0.3) is 0 Å². The van der Waals surface area contributed by atoms with Gasteiger partial charge in [-0.15, -0.1) is 0 Å². The highest BCUT2D eigenvalue weighted by Gasteiger charge is 2.35. The van der Waals surface area contributed by atoms with E-state index in [1.807, 2.05) is 38.1 Å². The number of nitrogens with one attached hydrogen (secondary N) is 1. The molecule has 2 aromatic rings. The number of halogens is 1. The number of para-hydroxylation sites is 1. The van der Waals surface area contributed by atoms with Gasteiger partial charge in [-0.05, 0) is 44.5 Å². The fourth-order valence-electron chi connectivity index (χ4n) is 3.55. The molecule has 29 heavy (non-hydrogen) atoms. The molecule has 0 saturated carbocycles. The van der Waals surface area contributed by atoms with Crippen LogP contribution in [0.15, 0.2) is 42.5 Å². The molecular formula is C21H25ClN2O4S. The van der Waals surface area contributed by atoms with Crippen LogP contribution in [0.2, 0.25) is 5.02 Å². The van der Waals surface area contributed by atoms with Crippen LogP contribution in [0, 0.1) is 6.92 Å². The Morgan fingerprint density at radius 3 is 2.62 bits per heavy atom. The quantitative estimate of drug-likeness (QED) is 0.772. The zero-order valence-electron chi connectivity index (χ0n) is 16.9. The third-order valence-corrected chi connectivity index (χ3v) is 6.44. The molecule has 0 aliphatic carbocycles. The summed E-state index contributed by atoms with van der Waals surface area (Å²) in [5.74, 6) is 0.326. The second-order valence-electron chi connectivity index (χ2n) is 7.88. The van der Waals surface area contributed by atoms with E-state index in [4.69, 9.17) is 16.3 Å². The van der Waals surface area contributed by atoms with Crippen LogP contribution in [-0.2, 0) is 14.8 Å². The SMILES string of the molecule is Cc1c(Cl)cccc1N(CC(=O)N[C@@H]1CC(C)(C)Oc2ccccc21)S(C)(=O)=O.